The van der Waals surface area contributed by atoms with Crippen LogP contribution in [0, 0.1) is 0 Å². The fourth-order valence-electron chi connectivity index (χ4n) is 2.83. The summed E-state index contributed by atoms with van der Waals surface area (Å²) >= 11 is 1.84. The van der Waals surface area contributed by atoms with Gasteiger partial charge in [-0.15, -0.1) is 11.8 Å². The molecule has 1 aromatic carbocycles. The van der Waals surface area contributed by atoms with Gasteiger partial charge < -0.3 is 5.32 Å². The van der Waals surface area contributed by atoms with Gasteiger partial charge in [-0.05, 0) is 29.5 Å². The Hall–Kier alpha value is -2.86. The smallest absolute Gasteiger partial charge is 0.180 e. The van der Waals surface area contributed by atoms with Crippen LogP contribution < -0.4 is 5.32 Å². The third kappa shape index (κ3) is 3.41. The fourth-order valence-corrected chi connectivity index (χ4v) is 3.50. The Morgan fingerprint density at radius 1 is 1.04 bits per heavy atom. The van der Waals surface area contributed by atoms with Crippen LogP contribution in [0.3, 0.4) is 0 Å². The highest BCUT2D eigenvalue weighted by molar-refractivity contribution is 7.99. The molecule has 0 saturated heterocycles. The molecular weight excluding hydrogens is 342 g/mol. The third-order valence-corrected chi connectivity index (χ3v) is 4.97. The van der Waals surface area contributed by atoms with Crippen molar-refractivity contribution in [1.29, 1.82) is 0 Å². The second-order valence-electron chi connectivity index (χ2n) is 5.79. The van der Waals surface area contributed by atoms with Gasteiger partial charge in [0.2, 0.25) is 0 Å². The molecule has 1 N–H and O–H groups in total. The van der Waals surface area contributed by atoms with Crippen molar-refractivity contribution in [2.45, 2.75) is 18.4 Å². The van der Waals surface area contributed by atoms with E-state index < -0.39 is 0 Å². The van der Waals surface area contributed by atoms with E-state index in [0.29, 0.717) is 6.54 Å². The van der Waals surface area contributed by atoms with Crippen LogP contribution in [0.5, 0.6) is 0 Å². The molecule has 4 rings (SSSR count). The van der Waals surface area contributed by atoms with E-state index in [2.05, 4.69) is 55.9 Å². The minimum atomic E-state index is 0.658. The van der Waals surface area contributed by atoms with Gasteiger partial charge in [0, 0.05) is 41.8 Å². The van der Waals surface area contributed by atoms with E-state index in [1.165, 1.54) is 4.90 Å². The van der Waals surface area contributed by atoms with E-state index in [1.54, 1.807) is 12.4 Å². The lowest BCUT2D eigenvalue weighted by Crippen LogP contribution is -2.05. The lowest BCUT2D eigenvalue weighted by Gasteiger charge is -2.11. The highest BCUT2D eigenvalue weighted by Gasteiger charge is 2.10. The number of hydrogen-bond acceptors (Lipinski definition) is 5. The average molecular weight is 361 g/mol. The first-order valence-electron chi connectivity index (χ1n) is 8.53. The van der Waals surface area contributed by atoms with Crippen molar-refractivity contribution in [3.05, 3.63) is 72.9 Å². The normalized spacial score (nSPS) is 11.0. The monoisotopic (exact) mass is 361 g/mol. The summed E-state index contributed by atoms with van der Waals surface area (Å²) < 4.78 is 2.07. The zero-order valence-electron chi connectivity index (χ0n) is 14.5. The molecule has 0 bridgehead atoms. The van der Waals surface area contributed by atoms with Crippen LogP contribution in [0.15, 0.2) is 72.3 Å². The Morgan fingerprint density at radius 3 is 2.69 bits per heavy atom. The molecule has 0 aliphatic rings. The van der Waals surface area contributed by atoms with Gasteiger partial charge in [0.1, 0.15) is 0 Å². The number of pyridine rings is 1. The summed E-state index contributed by atoms with van der Waals surface area (Å²) in [5.41, 5.74) is 4.07. The number of benzene rings is 1. The summed E-state index contributed by atoms with van der Waals surface area (Å²) in [4.78, 5) is 14.5. The predicted molar refractivity (Wildman–Crippen MR) is 106 cm³/mol. The molecule has 0 fully saturated rings. The molecular formula is C20H19N5S. The van der Waals surface area contributed by atoms with Crippen LogP contribution in [0.25, 0.3) is 16.9 Å². The summed E-state index contributed by atoms with van der Waals surface area (Å²) in [6.45, 7) is 2.82. The van der Waals surface area contributed by atoms with E-state index in [-0.39, 0.29) is 0 Å². The van der Waals surface area contributed by atoms with Crippen molar-refractivity contribution in [3.63, 3.8) is 0 Å². The highest BCUT2D eigenvalue weighted by Crippen LogP contribution is 2.26. The number of imidazole rings is 1. The van der Waals surface area contributed by atoms with E-state index >= 15 is 0 Å². The second-order valence-corrected chi connectivity index (χ2v) is 7.12. The molecule has 0 saturated carbocycles. The van der Waals surface area contributed by atoms with Crippen LogP contribution in [0.4, 0.5) is 5.82 Å². The first-order valence-corrected chi connectivity index (χ1v) is 9.52. The Morgan fingerprint density at radius 2 is 1.92 bits per heavy atom. The maximum Gasteiger partial charge on any atom is 0.180 e. The second kappa shape index (κ2) is 7.58. The fraction of sp³-hybridized carbons (Fsp3) is 0.150. The topological polar surface area (TPSA) is 55.1 Å². The first-order chi connectivity index (χ1) is 12.8. The maximum absolute atomic E-state index is 4.61. The number of aromatic nitrogens is 4. The first kappa shape index (κ1) is 16.6. The van der Waals surface area contributed by atoms with Crippen molar-refractivity contribution in [2.75, 3.05) is 11.1 Å². The van der Waals surface area contributed by atoms with Crippen LogP contribution in [-0.4, -0.2) is 25.1 Å². The lowest BCUT2D eigenvalue weighted by molar-refractivity contribution is 1.06. The van der Waals surface area contributed by atoms with E-state index in [0.717, 1.165) is 34.0 Å². The average Bonchev–Trinajstić information content (AvgIpc) is 3.18. The van der Waals surface area contributed by atoms with Crippen LogP contribution >= 0.6 is 11.8 Å². The minimum Gasteiger partial charge on any atom is -0.363 e. The number of nitrogens with one attached hydrogen (secondary N) is 1. The summed E-state index contributed by atoms with van der Waals surface area (Å²) in [7, 11) is 0. The summed E-state index contributed by atoms with van der Waals surface area (Å²) in [6, 6.07) is 12.5. The number of rotatable bonds is 6. The van der Waals surface area contributed by atoms with Gasteiger partial charge in [-0.3, -0.25) is 9.38 Å². The van der Waals surface area contributed by atoms with E-state index in [4.69, 9.17) is 0 Å². The molecule has 26 heavy (non-hydrogen) atoms. The maximum atomic E-state index is 4.61. The molecule has 0 spiro atoms. The molecule has 0 atom stereocenters. The van der Waals surface area contributed by atoms with Gasteiger partial charge in [0.25, 0.3) is 0 Å². The summed E-state index contributed by atoms with van der Waals surface area (Å²) in [5.74, 6) is 1.84. The Bertz CT molecular complexity index is 996. The van der Waals surface area contributed by atoms with Crippen molar-refractivity contribution < 1.29 is 0 Å². The van der Waals surface area contributed by atoms with Gasteiger partial charge in [-0.2, -0.15) is 0 Å². The van der Waals surface area contributed by atoms with Crippen molar-refractivity contribution in [2.24, 2.45) is 0 Å². The standard InChI is InChI=1S/C20H19N5S/c1-2-26-17-7-5-16(6-8-17)18-14-24-19(20-22-10-11-25(18)20)23-13-15-4-3-9-21-12-15/h3-12,14H,2,13H2,1H3,(H,23,24). The Kier molecular flexibility index (Phi) is 4.84. The molecule has 0 amide bonds. The molecule has 6 heteroatoms. The third-order valence-electron chi connectivity index (χ3n) is 4.07. The van der Waals surface area contributed by atoms with Crippen molar-refractivity contribution in [3.8, 4) is 11.3 Å². The van der Waals surface area contributed by atoms with Crippen LogP contribution in [0.2, 0.25) is 0 Å². The molecule has 3 heterocycles. The molecule has 0 aliphatic carbocycles. The van der Waals surface area contributed by atoms with Gasteiger partial charge in [-0.25, -0.2) is 9.97 Å². The quantitative estimate of drug-likeness (QED) is 0.512. The molecule has 5 nitrogen and oxygen atoms in total. The molecule has 0 radical (unpaired) electrons. The minimum absolute atomic E-state index is 0.658. The highest BCUT2D eigenvalue weighted by atomic mass is 32.2. The van der Waals surface area contributed by atoms with Gasteiger partial charge in [0.05, 0.1) is 11.9 Å². The Labute approximate surface area is 156 Å². The molecule has 130 valence electrons. The molecule has 4 aromatic rings. The van der Waals surface area contributed by atoms with E-state index in [1.807, 2.05) is 42.5 Å². The predicted octanol–water partition coefficient (Wildman–Crippen LogP) is 4.52. The zero-order valence-corrected chi connectivity index (χ0v) is 15.3. The zero-order chi connectivity index (χ0) is 17.8. The summed E-state index contributed by atoms with van der Waals surface area (Å²) in [6.07, 6.45) is 9.28. The van der Waals surface area contributed by atoms with Crippen molar-refractivity contribution in [1.82, 2.24) is 19.4 Å². The van der Waals surface area contributed by atoms with Crippen LogP contribution in [0.1, 0.15) is 12.5 Å². The van der Waals surface area contributed by atoms with Crippen LogP contribution in [-0.2, 0) is 6.54 Å². The number of hydrogen-bond donors (Lipinski definition) is 1. The number of fused-ring (bicyclic) bond motifs is 1. The Balaban J connectivity index is 1.63. The van der Waals surface area contributed by atoms with E-state index in [9.17, 15) is 0 Å². The van der Waals surface area contributed by atoms with Gasteiger partial charge in [-0.1, -0.05) is 25.1 Å². The number of thioether (sulfide) groups is 1. The van der Waals surface area contributed by atoms with Gasteiger partial charge >= 0.3 is 0 Å². The largest absolute Gasteiger partial charge is 0.363 e. The lowest BCUT2D eigenvalue weighted by atomic mass is 10.1. The number of nitrogens with zero attached hydrogens (tertiary/aromatic N) is 4. The molecule has 0 aliphatic heterocycles. The number of anilines is 1. The summed E-state index contributed by atoms with van der Waals surface area (Å²) in [5, 5.41) is 3.36. The molecule has 3 aromatic heterocycles. The molecule has 0 unspecified atom stereocenters. The van der Waals surface area contributed by atoms with Gasteiger partial charge in [0.15, 0.2) is 11.5 Å². The van der Waals surface area contributed by atoms with Crippen molar-refractivity contribution >= 4 is 23.2 Å². The SMILES string of the molecule is CCSc1ccc(-c2cnc(NCc3cccnc3)c3nccn23)cc1.